The number of amides is 1. The monoisotopic (exact) mass is 1130 g/mol. The Morgan fingerprint density at radius 3 is 1.90 bits per heavy atom. The van der Waals surface area contributed by atoms with Crippen molar-refractivity contribution in [1.82, 2.24) is 5.32 Å². The molecule has 7 rings (SSSR count). The standard InChI is InChI=1S/C61H83NO15Si2/c1-14-70-44-33-27-32-43(34-44)56(67)74-54-52-59(13,46(76-78(15-2,16-3)17-4)35-47-60(52,37-71-47)75-40(10)64)53(65)50(72-39(9)63)48-38(8)45(36-61(54,69)58(48,11)12)73-57(68)51(77-79(18-5,19-6)20-7)49(41-28-23-21-24-29-41)62-55(66)42-30-25-22-26-31-42/h21-34,45-47,49-52,54,69H,14-20,35-37H2,1-13H3,(H,62,66)/t45-,46-,47+,49-,50+,51+,52-,54-,59+,60-,61+/m0/s1. The molecule has 11 atom stereocenters. The number of hydrogen-bond acceptors (Lipinski definition) is 15. The normalized spacial score (nSPS) is 28.0. The first-order chi connectivity index (χ1) is 37.4. The molecule has 2 N–H and O–H groups in total. The van der Waals surface area contributed by atoms with Gasteiger partial charge >= 0.3 is 23.9 Å². The van der Waals surface area contributed by atoms with Crippen molar-refractivity contribution in [2.24, 2.45) is 16.7 Å². The molecule has 1 heterocycles. The highest BCUT2D eigenvalue weighted by atomic mass is 28.4. The number of carbonyl (C=O) groups excluding carboxylic acids is 6. The minimum Gasteiger partial charge on any atom is -0.494 e. The van der Waals surface area contributed by atoms with E-state index >= 15 is 14.4 Å². The average molecular weight is 1130 g/mol. The van der Waals surface area contributed by atoms with Crippen molar-refractivity contribution in [2.75, 3.05) is 13.2 Å². The van der Waals surface area contributed by atoms with Gasteiger partial charge in [-0.2, -0.15) is 0 Å². The fourth-order valence-electron chi connectivity index (χ4n) is 13.3. The number of esters is 4. The van der Waals surface area contributed by atoms with Crippen LogP contribution >= 0.6 is 0 Å². The van der Waals surface area contributed by atoms with Crippen LogP contribution in [0.2, 0.25) is 36.3 Å². The van der Waals surface area contributed by atoms with Crippen LogP contribution in [0.3, 0.4) is 0 Å². The predicted molar refractivity (Wildman–Crippen MR) is 301 cm³/mol. The van der Waals surface area contributed by atoms with Crippen molar-refractivity contribution < 1.29 is 71.1 Å². The Morgan fingerprint density at radius 1 is 0.759 bits per heavy atom. The van der Waals surface area contributed by atoms with E-state index in [4.69, 9.17) is 37.3 Å². The lowest BCUT2D eigenvalue weighted by molar-refractivity contribution is -0.344. The number of benzene rings is 3. The molecule has 3 aromatic rings. The van der Waals surface area contributed by atoms with Crippen molar-refractivity contribution in [3.05, 3.63) is 113 Å². The first-order valence-electron chi connectivity index (χ1n) is 28.3. The van der Waals surface area contributed by atoms with Crippen molar-refractivity contribution in [3.8, 4) is 5.75 Å². The van der Waals surface area contributed by atoms with Gasteiger partial charge in [-0.3, -0.25) is 19.2 Å². The Labute approximate surface area is 468 Å². The molecule has 1 aliphatic heterocycles. The van der Waals surface area contributed by atoms with Crippen LogP contribution in [-0.2, 0) is 51.7 Å². The van der Waals surface area contributed by atoms with Gasteiger partial charge in [0, 0.05) is 37.7 Å². The minimum absolute atomic E-state index is 0.0619. The van der Waals surface area contributed by atoms with Gasteiger partial charge in [-0.05, 0) is 104 Å². The molecule has 4 aliphatic rings. The quantitative estimate of drug-likeness (QED) is 0.0415. The Balaban J connectivity index is 1.50. The maximum Gasteiger partial charge on any atom is 0.338 e. The molecule has 1 amide bonds. The van der Waals surface area contributed by atoms with Gasteiger partial charge in [0.2, 0.25) is 0 Å². The number of nitrogens with one attached hydrogen (secondary N) is 1. The molecule has 3 aliphatic carbocycles. The van der Waals surface area contributed by atoms with Crippen LogP contribution in [0, 0.1) is 16.7 Å². The number of rotatable bonds is 22. The molecule has 0 radical (unpaired) electrons. The van der Waals surface area contributed by atoms with Gasteiger partial charge in [-0.15, -0.1) is 0 Å². The smallest absolute Gasteiger partial charge is 0.338 e. The Hall–Kier alpha value is -5.51. The number of fused-ring (bicyclic) bond motifs is 5. The van der Waals surface area contributed by atoms with Crippen LogP contribution in [0.4, 0.5) is 0 Å². The maximum atomic E-state index is 16.7. The van der Waals surface area contributed by atoms with E-state index in [2.05, 4.69) is 26.1 Å². The summed E-state index contributed by atoms with van der Waals surface area (Å²) >= 11 is 0. The second kappa shape index (κ2) is 24.3. The van der Waals surface area contributed by atoms with Crippen molar-refractivity contribution in [1.29, 1.82) is 0 Å². The van der Waals surface area contributed by atoms with Crippen LogP contribution in [-0.4, -0.2) is 118 Å². The summed E-state index contributed by atoms with van der Waals surface area (Å²) in [5.74, 6) is -5.46. The van der Waals surface area contributed by atoms with E-state index in [1.54, 1.807) is 100 Å². The summed E-state index contributed by atoms with van der Waals surface area (Å²) in [5, 5.41) is 17.7. The highest BCUT2D eigenvalue weighted by molar-refractivity contribution is 6.74. The second-order valence-electron chi connectivity index (χ2n) is 22.6. The van der Waals surface area contributed by atoms with Crippen LogP contribution in [0.5, 0.6) is 5.75 Å². The van der Waals surface area contributed by atoms with E-state index in [9.17, 15) is 19.5 Å². The molecule has 3 fully saturated rings. The van der Waals surface area contributed by atoms with Gasteiger partial charge in [0.1, 0.15) is 29.7 Å². The number of hydrogen-bond donors (Lipinski definition) is 2. The summed E-state index contributed by atoms with van der Waals surface area (Å²) < 4.78 is 53.2. The molecule has 430 valence electrons. The molecule has 2 bridgehead atoms. The Morgan fingerprint density at radius 2 is 1.35 bits per heavy atom. The molecule has 3 aromatic carbocycles. The molecule has 16 nitrogen and oxygen atoms in total. The van der Waals surface area contributed by atoms with Gasteiger partial charge < -0.3 is 47.7 Å². The fraction of sp³-hybridized carbons (Fsp3) is 0.574. The predicted octanol–water partition coefficient (Wildman–Crippen LogP) is 10.2. The number of Topliss-reactive ketones (excluding diaryl/α,β-unsaturated/α-hetero) is 1. The fourth-order valence-corrected chi connectivity index (χ4v) is 19.0. The summed E-state index contributed by atoms with van der Waals surface area (Å²) in [6, 6.07) is 26.9. The molecule has 1 saturated heterocycles. The van der Waals surface area contributed by atoms with E-state index in [1.165, 1.54) is 19.9 Å². The third kappa shape index (κ3) is 11.3. The lowest BCUT2D eigenvalue weighted by Crippen LogP contribution is -2.82. The molecule has 0 spiro atoms. The number of ether oxygens (including phenoxy) is 6. The molecule has 18 heteroatoms. The number of carbonyl (C=O) groups is 6. The van der Waals surface area contributed by atoms with Gasteiger partial charge in [0.05, 0.1) is 42.3 Å². The Bertz CT molecular complexity index is 2730. The highest BCUT2D eigenvalue weighted by Gasteiger charge is 2.79. The van der Waals surface area contributed by atoms with Crippen LogP contribution < -0.4 is 10.1 Å². The van der Waals surface area contributed by atoms with Crippen LogP contribution in [0.1, 0.15) is 135 Å². The van der Waals surface area contributed by atoms with Crippen molar-refractivity contribution in [3.63, 3.8) is 0 Å². The topological polar surface area (TPSA) is 209 Å². The van der Waals surface area contributed by atoms with E-state index in [1.807, 2.05) is 33.8 Å². The van der Waals surface area contributed by atoms with E-state index in [0.717, 1.165) is 0 Å². The molecule has 79 heavy (non-hydrogen) atoms. The summed E-state index contributed by atoms with van der Waals surface area (Å²) in [7, 11) is -5.45. The zero-order valence-electron chi connectivity index (χ0n) is 48.4. The van der Waals surface area contributed by atoms with Crippen LogP contribution in [0.15, 0.2) is 96.1 Å². The largest absolute Gasteiger partial charge is 0.494 e. The zero-order valence-corrected chi connectivity index (χ0v) is 50.4. The average Bonchev–Trinajstić information content (AvgIpc) is 3.33. The van der Waals surface area contributed by atoms with Crippen LogP contribution in [0.25, 0.3) is 0 Å². The van der Waals surface area contributed by atoms with E-state index < -0.39 is 129 Å². The van der Waals surface area contributed by atoms with Crippen molar-refractivity contribution in [2.45, 2.75) is 193 Å². The highest BCUT2D eigenvalue weighted by Crippen LogP contribution is 2.65. The Kier molecular flexibility index (Phi) is 18.8. The van der Waals surface area contributed by atoms with Gasteiger partial charge in [0.25, 0.3) is 5.91 Å². The lowest BCUT2D eigenvalue weighted by Gasteiger charge is -2.68. The summed E-state index contributed by atoms with van der Waals surface area (Å²) in [6.45, 7) is 23.3. The summed E-state index contributed by atoms with van der Waals surface area (Å²) in [6.07, 6.45) is -8.65. The molecule has 2 saturated carbocycles. The lowest BCUT2D eigenvalue weighted by atomic mass is 9.44. The number of aliphatic hydroxyl groups is 1. The first-order valence-corrected chi connectivity index (χ1v) is 33.4. The first kappa shape index (κ1) is 61.1. The SMILES string of the molecule is CCOc1cccc(C(=O)O[C@H]2[C@@H]3[C@]4(OC(C)=O)CO[C@@H]4C[C@H](O[Si](CC)(CC)CC)[C@@]3(C)C(=O)[C@H](OC(C)=O)C3=C(C)[C@@H](OC(=O)[C@H](O[Si](CC)(CC)CC)[C@@H](NC(=O)c4ccccc4)c4ccccc4)C[C@]2(O)C3(C)C)c1. The van der Waals surface area contributed by atoms with Gasteiger partial charge in [0.15, 0.2) is 40.2 Å². The third-order valence-electron chi connectivity index (χ3n) is 18.4. The van der Waals surface area contributed by atoms with Crippen molar-refractivity contribution >= 4 is 52.2 Å². The number of ketones is 1. The maximum absolute atomic E-state index is 16.7. The third-order valence-corrected chi connectivity index (χ3v) is 27.7. The van der Waals surface area contributed by atoms with Gasteiger partial charge in [-0.25, -0.2) is 9.59 Å². The van der Waals surface area contributed by atoms with E-state index in [0.29, 0.717) is 65.3 Å². The minimum atomic E-state index is -2.77. The molecule has 0 unspecified atom stereocenters. The second-order valence-corrected chi connectivity index (χ2v) is 32.1. The molecule has 0 aromatic heterocycles. The summed E-state index contributed by atoms with van der Waals surface area (Å²) in [5.41, 5.74) is -6.18. The van der Waals surface area contributed by atoms with Gasteiger partial charge in [-0.1, -0.05) is 110 Å². The summed E-state index contributed by atoms with van der Waals surface area (Å²) in [4.78, 5) is 89.3. The van der Waals surface area contributed by atoms with E-state index in [-0.39, 0.29) is 24.2 Å². The zero-order chi connectivity index (χ0) is 57.9. The molecular weight excluding hydrogens is 1040 g/mol. The molecular formula is C61H83NO15Si2.